The molecule has 1 N–H and O–H groups in total. The second-order valence-electron chi connectivity index (χ2n) is 14.3. The Morgan fingerprint density at radius 2 is 1.29 bits per heavy atom. The van der Waals surface area contributed by atoms with Crippen LogP contribution in [0.15, 0.2) is 158 Å². The van der Waals surface area contributed by atoms with Crippen molar-refractivity contribution in [2.24, 2.45) is 0 Å². The Bertz CT molecular complexity index is 2570. The van der Waals surface area contributed by atoms with E-state index in [1.165, 1.54) is 106 Å². The van der Waals surface area contributed by atoms with Crippen molar-refractivity contribution in [1.82, 2.24) is 4.57 Å². The minimum absolute atomic E-state index is 0.910. The predicted molar refractivity (Wildman–Crippen MR) is 223 cm³/mol. The summed E-state index contributed by atoms with van der Waals surface area (Å²) in [5.41, 5.74) is 13.4. The van der Waals surface area contributed by atoms with E-state index in [2.05, 4.69) is 175 Å². The van der Waals surface area contributed by atoms with Crippen LogP contribution >= 0.6 is 0 Å². The summed E-state index contributed by atoms with van der Waals surface area (Å²) in [5, 5.41) is 12.4. The Labute approximate surface area is 301 Å². The van der Waals surface area contributed by atoms with Crippen molar-refractivity contribution in [3.63, 3.8) is 0 Å². The lowest BCUT2D eigenvalue weighted by molar-refractivity contribution is 0.717. The quantitative estimate of drug-likeness (QED) is 0.139. The van der Waals surface area contributed by atoms with E-state index in [-0.39, 0.29) is 0 Å². The molecule has 1 aromatic heterocycles. The normalized spacial score (nSPS) is 13.6. The average Bonchev–Trinajstić information content (AvgIpc) is 3.53. The largest absolute Gasteiger partial charge is 0.355 e. The van der Waals surface area contributed by atoms with Gasteiger partial charge in [-0.05, 0) is 68.4 Å². The zero-order valence-electron chi connectivity index (χ0n) is 29.0. The van der Waals surface area contributed by atoms with Crippen LogP contribution in [0.2, 0.25) is 0 Å². The molecule has 51 heavy (non-hydrogen) atoms. The molecule has 2 aliphatic heterocycles. The monoisotopic (exact) mass is 670 g/mol. The average molecular weight is 671 g/mol. The minimum Gasteiger partial charge on any atom is -0.355 e. The van der Waals surface area contributed by atoms with Gasteiger partial charge in [0.2, 0.25) is 0 Å². The second-order valence-corrected chi connectivity index (χ2v) is 18.1. The second kappa shape index (κ2) is 12.0. The number of aryl methyl sites for hydroxylation is 1. The van der Waals surface area contributed by atoms with Crippen molar-refractivity contribution < 1.29 is 0 Å². The van der Waals surface area contributed by atoms with Gasteiger partial charge in [-0.25, -0.2) is 0 Å². The lowest BCUT2D eigenvalue weighted by atomic mass is 9.59. The van der Waals surface area contributed by atoms with Crippen molar-refractivity contribution in [2.45, 2.75) is 32.6 Å². The standard InChI is InChI=1S/C47H39BN2Si/c1-2-3-6-17-32-30-38(45-42(31-32)50-41-27-13-11-22-35(41)37-24-15-25-39(48-45)47(37)50)36-23-16-29-44-46(36)49-40-26-12-14-28-43(40)51(44,33-18-7-4-8-19-33)34-20-9-5-10-21-34/h4-5,7-16,18-31,48-49H,2-3,6,17H2,1H3. The summed E-state index contributed by atoms with van der Waals surface area (Å²) in [6, 6.07) is 59.8. The van der Waals surface area contributed by atoms with Gasteiger partial charge >= 0.3 is 0 Å². The van der Waals surface area contributed by atoms with Gasteiger partial charge in [0.1, 0.15) is 0 Å². The maximum absolute atomic E-state index is 4.07. The first kappa shape index (κ1) is 30.3. The number of rotatable bonds is 7. The van der Waals surface area contributed by atoms with Crippen LogP contribution in [0.4, 0.5) is 11.4 Å². The highest BCUT2D eigenvalue weighted by Gasteiger charge is 2.47. The van der Waals surface area contributed by atoms with Gasteiger partial charge in [0, 0.05) is 38.9 Å². The molecule has 3 heterocycles. The van der Waals surface area contributed by atoms with Gasteiger partial charge in [0.15, 0.2) is 15.4 Å². The number of nitrogens with one attached hydrogen (secondary N) is 1. The van der Waals surface area contributed by atoms with E-state index >= 15 is 0 Å². The Hall–Kier alpha value is -5.58. The van der Waals surface area contributed by atoms with Gasteiger partial charge < -0.3 is 9.88 Å². The van der Waals surface area contributed by atoms with Gasteiger partial charge in [-0.15, -0.1) is 0 Å². The maximum Gasteiger partial charge on any atom is 0.198 e. The van der Waals surface area contributed by atoms with Crippen LogP contribution in [0.3, 0.4) is 0 Å². The van der Waals surface area contributed by atoms with Crippen LogP contribution < -0.4 is 37.0 Å². The van der Waals surface area contributed by atoms with Gasteiger partial charge in [-0.3, -0.25) is 0 Å². The number of hydrogen-bond donors (Lipinski definition) is 1. The summed E-state index contributed by atoms with van der Waals surface area (Å²) in [6.45, 7) is 2.30. The van der Waals surface area contributed by atoms with Crippen LogP contribution in [0.25, 0.3) is 38.6 Å². The molecule has 10 rings (SSSR count). The number of nitrogens with zero attached hydrogens (tertiary/aromatic N) is 1. The molecule has 8 aromatic rings. The van der Waals surface area contributed by atoms with Gasteiger partial charge in [-0.2, -0.15) is 0 Å². The molecule has 4 heteroatoms. The van der Waals surface area contributed by atoms with Gasteiger partial charge in [0.25, 0.3) is 0 Å². The topological polar surface area (TPSA) is 17.0 Å². The molecule has 0 spiro atoms. The predicted octanol–water partition coefficient (Wildman–Crippen LogP) is 7.32. The molecule has 0 aliphatic carbocycles. The molecule has 0 unspecified atom stereocenters. The van der Waals surface area contributed by atoms with Crippen LogP contribution in [0, 0.1) is 0 Å². The molecular formula is C47H39BN2Si. The van der Waals surface area contributed by atoms with Crippen molar-refractivity contribution in [3.05, 3.63) is 163 Å². The molecule has 0 radical (unpaired) electrons. The molecule has 2 aliphatic rings. The number of anilines is 2. The maximum atomic E-state index is 4.07. The Kier molecular flexibility index (Phi) is 7.14. The first-order valence-electron chi connectivity index (χ1n) is 18.6. The molecule has 0 saturated heterocycles. The highest BCUT2D eigenvalue weighted by atomic mass is 28.3. The number of hydrogen-bond acceptors (Lipinski definition) is 1. The van der Waals surface area contributed by atoms with E-state index in [4.69, 9.17) is 0 Å². The number of fused-ring (bicyclic) bond motifs is 7. The Morgan fingerprint density at radius 3 is 2.10 bits per heavy atom. The molecule has 0 atom stereocenters. The summed E-state index contributed by atoms with van der Waals surface area (Å²) in [6.07, 6.45) is 4.74. The zero-order valence-corrected chi connectivity index (χ0v) is 30.0. The lowest BCUT2D eigenvalue weighted by Gasteiger charge is -2.41. The van der Waals surface area contributed by atoms with Crippen LogP contribution in [-0.2, 0) is 6.42 Å². The molecule has 7 aromatic carbocycles. The third kappa shape index (κ3) is 4.49. The molecular weight excluding hydrogens is 631 g/mol. The van der Waals surface area contributed by atoms with Crippen molar-refractivity contribution in [3.8, 4) is 16.8 Å². The van der Waals surface area contributed by atoms with E-state index in [0.29, 0.717) is 0 Å². The van der Waals surface area contributed by atoms with Crippen molar-refractivity contribution in [1.29, 1.82) is 0 Å². The fourth-order valence-electron chi connectivity index (χ4n) is 9.32. The fourth-order valence-corrected chi connectivity index (χ4v) is 14.4. The summed E-state index contributed by atoms with van der Waals surface area (Å²) >= 11 is 0. The third-order valence-corrected chi connectivity index (χ3v) is 16.4. The zero-order chi connectivity index (χ0) is 33.9. The fraction of sp³-hybridized carbons (Fsp3) is 0.106. The van der Waals surface area contributed by atoms with E-state index in [1.807, 2.05) is 0 Å². The third-order valence-electron chi connectivity index (χ3n) is 11.5. The molecule has 0 fully saturated rings. The molecule has 244 valence electrons. The molecule has 0 amide bonds. The van der Waals surface area contributed by atoms with E-state index in [0.717, 1.165) is 13.7 Å². The Balaban J connectivity index is 1.29. The number of unbranched alkanes of at least 4 members (excludes halogenated alkanes) is 2. The Morgan fingerprint density at radius 1 is 0.608 bits per heavy atom. The highest BCUT2D eigenvalue weighted by molar-refractivity contribution is 7.21. The first-order valence-corrected chi connectivity index (χ1v) is 20.6. The summed E-state index contributed by atoms with van der Waals surface area (Å²) in [7, 11) is -1.80. The number of para-hydroxylation sites is 4. The lowest BCUT2D eigenvalue weighted by Crippen LogP contribution is -2.76. The summed E-state index contributed by atoms with van der Waals surface area (Å²) in [5.74, 6) is 0. The summed E-state index contributed by atoms with van der Waals surface area (Å²) < 4.78 is 2.58. The highest BCUT2D eigenvalue weighted by Crippen LogP contribution is 2.38. The molecule has 0 bridgehead atoms. The van der Waals surface area contributed by atoms with Crippen molar-refractivity contribution >= 4 is 80.2 Å². The molecule has 0 saturated carbocycles. The summed E-state index contributed by atoms with van der Waals surface area (Å²) in [4.78, 5) is 0. The molecule has 2 nitrogen and oxygen atoms in total. The minimum atomic E-state index is -2.71. The van der Waals surface area contributed by atoms with Crippen LogP contribution in [0.1, 0.15) is 31.7 Å². The first-order chi connectivity index (χ1) is 25.3. The van der Waals surface area contributed by atoms with Gasteiger partial charge in [0.05, 0.1) is 5.52 Å². The van der Waals surface area contributed by atoms with E-state index in [9.17, 15) is 0 Å². The van der Waals surface area contributed by atoms with Crippen molar-refractivity contribution in [2.75, 3.05) is 5.32 Å². The number of benzene rings is 7. The SMILES string of the molecule is CCCCCc1cc(-c2cccc3c2Nc2ccccc2[Si]3(c2ccccc2)c2ccccc2)c2c(c1)-n1c3ccccc3c3cccc(c31)B2. The van der Waals surface area contributed by atoms with E-state index in [1.54, 1.807) is 0 Å². The van der Waals surface area contributed by atoms with E-state index < -0.39 is 8.07 Å². The van der Waals surface area contributed by atoms with Crippen LogP contribution in [-0.4, -0.2) is 19.9 Å². The van der Waals surface area contributed by atoms with Gasteiger partial charge in [-0.1, -0.05) is 165 Å². The van der Waals surface area contributed by atoms with Crippen LogP contribution in [0.5, 0.6) is 0 Å². The smallest absolute Gasteiger partial charge is 0.198 e. The number of aromatic nitrogens is 1.